The highest BCUT2D eigenvalue weighted by molar-refractivity contribution is 7.17. The summed E-state index contributed by atoms with van der Waals surface area (Å²) in [5.41, 5.74) is 0.429. The van der Waals surface area contributed by atoms with Crippen molar-refractivity contribution < 1.29 is 14.3 Å². The standard InChI is InChI=1S/C22H31N5O3S/c1-22(2,3)30-21(29)27-10-4-6-15(12-27)20(28)25-16-7-5-9-26(13-16)19-18-17(8-11-31-18)23-14-24-19/h8,11,14-16H,4-7,9-10,12-13H2,1-3H3,(H,25,28). The monoisotopic (exact) mass is 445 g/mol. The van der Waals surface area contributed by atoms with Gasteiger partial charge in [-0.1, -0.05) is 0 Å². The normalized spacial score (nSPS) is 22.4. The molecular formula is C22H31N5O3S. The molecule has 8 nitrogen and oxygen atoms in total. The number of aromatic nitrogens is 2. The van der Waals surface area contributed by atoms with E-state index in [1.54, 1.807) is 22.6 Å². The van der Waals surface area contributed by atoms with Gasteiger partial charge in [0.15, 0.2) is 0 Å². The first kappa shape index (κ1) is 21.8. The number of carbonyl (C=O) groups is 2. The van der Waals surface area contributed by atoms with Crippen molar-refractivity contribution in [1.82, 2.24) is 20.2 Å². The molecule has 0 bridgehead atoms. The van der Waals surface area contributed by atoms with Gasteiger partial charge in [-0.15, -0.1) is 11.3 Å². The zero-order valence-electron chi connectivity index (χ0n) is 18.5. The summed E-state index contributed by atoms with van der Waals surface area (Å²) in [5, 5.41) is 5.27. The Morgan fingerprint density at radius 3 is 2.77 bits per heavy atom. The van der Waals surface area contributed by atoms with Crippen LogP contribution in [-0.4, -0.2) is 64.7 Å². The predicted octanol–water partition coefficient (Wildman–Crippen LogP) is 3.42. The second-order valence-corrected chi connectivity index (χ2v) is 10.3. The van der Waals surface area contributed by atoms with Crippen molar-refractivity contribution in [2.45, 2.75) is 58.1 Å². The fraction of sp³-hybridized carbons (Fsp3) is 0.636. The van der Waals surface area contributed by atoms with Gasteiger partial charge < -0.3 is 19.9 Å². The molecule has 4 rings (SSSR count). The molecule has 2 fully saturated rings. The Labute approximate surface area is 187 Å². The third-order valence-electron chi connectivity index (χ3n) is 5.74. The highest BCUT2D eigenvalue weighted by Crippen LogP contribution is 2.30. The molecule has 168 valence electrons. The molecule has 9 heteroatoms. The average Bonchev–Trinajstić information content (AvgIpc) is 3.22. The van der Waals surface area contributed by atoms with Crippen molar-refractivity contribution in [3.05, 3.63) is 17.8 Å². The number of anilines is 1. The minimum atomic E-state index is -0.535. The molecule has 2 aliphatic heterocycles. The van der Waals surface area contributed by atoms with E-state index in [2.05, 4.69) is 20.2 Å². The Morgan fingerprint density at radius 1 is 1.16 bits per heavy atom. The molecule has 2 aliphatic rings. The van der Waals surface area contributed by atoms with Crippen LogP contribution in [-0.2, 0) is 9.53 Å². The third-order valence-corrected chi connectivity index (χ3v) is 6.64. The molecule has 2 atom stereocenters. The number of hydrogen-bond acceptors (Lipinski definition) is 7. The van der Waals surface area contributed by atoms with Gasteiger partial charge in [-0.05, 0) is 57.9 Å². The largest absolute Gasteiger partial charge is 0.444 e. The molecule has 2 aromatic rings. The zero-order chi connectivity index (χ0) is 22.0. The van der Waals surface area contributed by atoms with Crippen LogP contribution >= 0.6 is 11.3 Å². The summed E-state index contributed by atoms with van der Waals surface area (Å²) in [6.45, 7) is 8.28. The molecular weight excluding hydrogens is 414 g/mol. The van der Waals surface area contributed by atoms with Gasteiger partial charge in [-0.3, -0.25) is 4.79 Å². The van der Waals surface area contributed by atoms with Crippen LogP contribution in [0.1, 0.15) is 46.5 Å². The van der Waals surface area contributed by atoms with Gasteiger partial charge in [0.2, 0.25) is 5.91 Å². The number of thiophene rings is 1. The fourth-order valence-corrected chi connectivity index (χ4v) is 5.15. The average molecular weight is 446 g/mol. The van der Waals surface area contributed by atoms with Gasteiger partial charge >= 0.3 is 6.09 Å². The summed E-state index contributed by atoms with van der Waals surface area (Å²) in [6, 6.07) is 2.08. The number of piperidine rings is 2. The number of amides is 2. The number of hydrogen-bond donors (Lipinski definition) is 1. The quantitative estimate of drug-likeness (QED) is 0.779. The smallest absolute Gasteiger partial charge is 0.410 e. The number of rotatable bonds is 3. The second-order valence-electron chi connectivity index (χ2n) is 9.39. The van der Waals surface area contributed by atoms with E-state index in [4.69, 9.17) is 4.74 Å². The van der Waals surface area contributed by atoms with Crippen LogP contribution in [0.15, 0.2) is 17.8 Å². The molecule has 0 radical (unpaired) electrons. The molecule has 2 aromatic heterocycles. The van der Waals surface area contributed by atoms with E-state index in [0.29, 0.717) is 13.1 Å². The van der Waals surface area contributed by atoms with Gasteiger partial charge in [0.05, 0.1) is 16.1 Å². The van der Waals surface area contributed by atoms with Crippen LogP contribution < -0.4 is 10.2 Å². The van der Waals surface area contributed by atoms with Crippen LogP contribution in [0.3, 0.4) is 0 Å². The molecule has 31 heavy (non-hydrogen) atoms. The maximum atomic E-state index is 13.0. The van der Waals surface area contributed by atoms with E-state index in [-0.39, 0.29) is 24.0 Å². The molecule has 2 unspecified atom stereocenters. The first-order valence-electron chi connectivity index (χ1n) is 11.0. The molecule has 2 amide bonds. The first-order chi connectivity index (χ1) is 14.8. The molecule has 0 spiro atoms. The lowest BCUT2D eigenvalue weighted by Gasteiger charge is -2.36. The first-order valence-corrected chi connectivity index (χ1v) is 11.9. The van der Waals surface area contributed by atoms with Gasteiger partial charge in [0.1, 0.15) is 17.7 Å². The minimum Gasteiger partial charge on any atom is -0.444 e. The van der Waals surface area contributed by atoms with Gasteiger partial charge in [0.25, 0.3) is 0 Å². The highest BCUT2D eigenvalue weighted by atomic mass is 32.1. The minimum absolute atomic E-state index is 0.0315. The number of nitrogens with one attached hydrogen (secondary N) is 1. The van der Waals surface area contributed by atoms with Gasteiger partial charge in [-0.25, -0.2) is 14.8 Å². The van der Waals surface area contributed by atoms with Crippen molar-refractivity contribution in [2.24, 2.45) is 5.92 Å². The van der Waals surface area contributed by atoms with E-state index in [9.17, 15) is 9.59 Å². The number of nitrogens with zero attached hydrogens (tertiary/aromatic N) is 4. The van der Waals surface area contributed by atoms with Crippen LogP contribution in [0.4, 0.5) is 10.6 Å². The van der Waals surface area contributed by atoms with Crippen LogP contribution in [0.5, 0.6) is 0 Å². The Kier molecular flexibility index (Phi) is 6.31. The topological polar surface area (TPSA) is 87.7 Å². The summed E-state index contributed by atoms with van der Waals surface area (Å²) < 4.78 is 6.58. The highest BCUT2D eigenvalue weighted by Gasteiger charge is 2.32. The summed E-state index contributed by atoms with van der Waals surface area (Å²) in [5.74, 6) is 0.788. The SMILES string of the molecule is CC(C)(C)OC(=O)N1CCCC(C(=O)NC2CCCN(c3ncnc4ccsc34)C2)C1. The number of likely N-dealkylation sites (tertiary alicyclic amines) is 1. The number of carbonyl (C=O) groups excluding carboxylic acids is 2. The van der Waals surface area contributed by atoms with Crippen molar-refractivity contribution in [2.75, 3.05) is 31.1 Å². The predicted molar refractivity (Wildman–Crippen MR) is 121 cm³/mol. The van der Waals surface area contributed by atoms with E-state index in [1.165, 1.54) is 0 Å². The number of ether oxygens (including phenoxy) is 1. The van der Waals surface area contributed by atoms with E-state index in [1.807, 2.05) is 32.2 Å². The lowest BCUT2D eigenvalue weighted by molar-refractivity contribution is -0.127. The molecule has 4 heterocycles. The molecule has 0 aromatic carbocycles. The van der Waals surface area contributed by atoms with Gasteiger partial charge in [-0.2, -0.15) is 0 Å². The lowest BCUT2D eigenvalue weighted by atomic mass is 9.96. The summed E-state index contributed by atoms with van der Waals surface area (Å²) in [4.78, 5) is 38.2. The van der Waals surface area contributed by atoms with Crippen molar-refractivity contribution in [1.29, 1.82) is 0 Å². The second kappa shape index (κ2) is 8.98. The Bertz CT molecular complexity index is 941. The summed E-state index contributed by atoms with van der Waals surface area (Å²) >= 11 is 1.65. The fourth-order valence-electron chi connectivity index (χ4n) is 4.29. The van der Waals surface area contributed by atoms with E-state index >= 15 is 0 Å². The van der Waals surface area contributed by atoms with Gasteiger partial charge in [0, 0.05) is 32.2 Å². The zero-order valence-corrected chi connectivity index (χ0v) is 19.3. The van der Waals surface area contributed by atoms with E-state index in [0.717, 1.165) is 54.8 Å². The summed E-state index contributed by atoms with van der Waals surface area (Å²) in [6.07, 6.45) is 4.83. The molecule has 2 saturated heterocycles. The van der Waals surface area contributed by atoms with Crippen molar-refractivity contribution in [3.63, 3.8) is 0 Å². The summed E-state index contributed by atoms with van der Waals surface area (Å²) in [7, 11) is 0. The maximum Gasteiger partial charge on any atom is 0.410 e. The maximum absolute atomic E-state index is 13.0. The third kappa shape index (κ3) is 5.26. The van der Waals surface area contributed by atoms with Crippen LogP contribution in [0.2, 0.25) is 0 Å². The lowest BCUT2D eigenvalue weighted by Crippen LogP contribution is -2.52. The Morgan fingerprint density at radius 2 is 1.97 bits per heavy atom. The van der Waals surface area contributed by atoms with Crippen molar-refractivity contribution in [3.8, 4) is 0 Å². The van der Waals surface area contributed by atoms with E-state index < -0.39 is 5.60 Å². The molecule has 0 saturated carbocycles. The molecule has 0 aliphatic carbocycles. The van der Waals surface area contributed by atoms with Crippen LogP contribution in [0.25, 0.3) is 10.2 Å². The Balaban J connectivity index is 1.36. The Hall–Kier alpha value is -2.42. The number of fused-ring (bicyclic) bond motifs is 1. The molecule has 1 N–H and O–H groups in total. The van der Waals surface area contributed by atoms with Crippen molar-refractivity contribution >= 4 is 39.4 Å². The van der Waals surface area contributed by atoms with Crippen LogP contribution in [0, 0.1) is 5.92 Å².